The van der Waals surface area contributed by atoms with Gasteiger partial charge in [-0.2, -0.15) is 0 Å². The average Bonchev–Trinajstić information content (AvgIpc) is 2.68. The predicted molar refractivity (Wildman–Crippen MR) is 82.2 cm³/mol. The molecule has 0 aromatic heterocycles. The molecule has 19 heavy (non-hydrogen) atoms. The highest BCUT2D eigenvalue weighted by Gasteiger charge is 2.30. The maximum atomic E-state index is 6.08. The summed E-state index contributed by atoms with van der Waals surface area (Å²) in [6.45, 7) is 7.68. The van der Waals surface area contributed by atoms with Crippen molar-refractivity contribution in [3.63, 3.8) is 0 Å². The summed E-state index contributed by atoms with van der Waals surface area (Å²) in [7, 11) is 0. The molecule has 1 aliphatic rings. The van der Waals surface area contributed by atoms with E-state index in [9.17, 15) is 0 Å². The molecule has 0 aliphatic carbocycles. The first-order valence-electron chi connectivity index (χ1n) is 7.83. The van der Waals surface area contributed by atoms with Crippen LogP contribution in [0.3, 0.4) is 0 Å². The molecular formula is C17H28N2. The minimum atomic E-state index is 0.522. The van der Waals surface area contributed by atoms with E-state index in [-0.39, 0.29) is 0 Å². The Hall–Kier alpha value is -0.860. The lowest BCUT2D eigenvalue weighted by molar-refractivity contribution is 0.166. The molecule has 1 aliphatic heterocycles. The second kappa shape index (κ2) is 7.06. The quantitative estimate of drug-likeness (QED) is 0.899. The second-order valence-electron chi connectivity index (χ2n) is 5.62. The summed E-state index contributed by atoms with van der Waals surface area (Å²) in [5.74, 6) is 0.607. The van der Waals surface area contributed by atoms with E-state index in [1.165, 1.54) is 36.9 Å². The van der Waals surface area contributed by atoms with Crippen molar-refractivity contribution in [2.45, 2.75) is 45.6 Å². The van der Waals surface area contributed by atoms with Gasteiger partial charge in [0.25, 0.3) is 0 Å². The minimum Gasteiger partial charge on any atom is -0.330 e. The fourth-order valence-corrected chi connectivity index (χ4v) is 3.51. The fraction of sp³-hybridized carbons (Fsp3) is 0.647. The monoisotopic (exact) mass is 260 g/mol. The van der Waals surface area contributed by atoms with Gasteiger partial charge < -0.3 is 5.73 Å². The lowest BCUT2D eigenvalue weighted by Gasteiger charge is -2.35. The third kappa shape index (κ3) is 3.18. The number of likely N-dealkylation sites (tertiary alicyclic amines) is 1. The third-order valence-corrected chi connectivity index (χ3v) is 4.57. The van der Waals surface area contributed by atoms with Crippen LogP contribution in [0, 0.1) is 5.92 Å². The lowest BCUT2D eigenvalue weighted by atomic mass is 9.86. The van der Waals surface area contributed by atoms with Crippen LogP contribution >= 0.6 is 0 Å². The van der Waals surface area contributed by atoms with Gasteiger partial charge in [-0.05, 0) is 55.9 Å². The van der Waals surface area contributed by atoms with Crippen molar-refractivity contribution >= 4 is 0 Å². The van der Waals surface area contributed by atoms with Crippen molar-refractivity contribution < 1.29 is 0 Å². The average molecular weight is 260 g/mol. The number of aryl methyl sites for hydroxylation is 1. The summed E-state index contributed by atoms with van der Waals surface area (Å²) in [6, 6.07) is 9.46. The van der Waals surface area contributed by atoms with Crippen LogP contribution in [0.4, 0.5) is 0 Å². The molecule has 0 spiro atoms. The highest BCUT2D eigenvalue weighted by molar-refractivity contribution is 5.31. The van der Waals surface area contributed by atoms with Crippen molar-refractivity contribution in [2.24, 2.45) is 11.7 Å². The minimum absolute atomic E-state index is 0.522. The smallest absolute Gasteiger partial charge is 0.0390 e. The largest absolute Gasteiger partial charge is 0.330 e. The van der Waals surface area contributed by atoms with Gasteiger partial charge in [0.05, 0.1) is 0 Å². The summed E-state index contributed by atoms with van der Waals surface area (Å²) in [4.78, 5) is 2.64. The Bertz CT molecular complexity index is 375. The SMILES string of the molecule is CCc1ccccc1C1C(CN)CCCCN1CC. The number of hydrogen-bond acceptors (Lipinski definition) is 2. The molecule has 2 atom stereocenters. The molecule has 2 nitrogen and oxygen atoms in total. The van der Waals surface area contributed by atoms with E-state index in [1.54, 1.807) is 0 Å². The molecule has 1 saturated heterocycles. The van der Waals surface area contributed by atoms with Crippen LogP contribution in [0.5, 0.6) is 0 Å². The van der Waals surface area contributed by atoms with Crippen molar-refractivity contribution in [1.82, 2.24) is 4.90 Å². The molecule has 0 radical (unpaired) electrons. The normalized spacial score (nSPS) is 25.2. The molecule has 2 N–H and O–H groups in total. The summed E-state index contributed by atoms with van der Waals surface area (Å²) in [5.41, 5.74) is 9.09. The number of nitrogens with zero attached hydrogens (tertiary/aromatic N) is 1. The van der Waals surface area contributed by atoms with Gasteiger partial charge in [0.15, 0.2) is 0 Å². The van der Waals surface area contributed by atoms with Crippen LogP contribution < -0.4 is 5.73 Å². The van der Waals surface area contributed by atoms with Gasteiger partial charge in [-0.25, -0.2) is 0 Å². The van der Waals surface area contributed by atoms with Gasteiger partial charge in [0.2, 0.25) is 0 Å². The molecule has 0 amide bonds. The summed E-state index contributed by atoms with van der Waals surface area (Å²) < 4.78 is 0. The number of hydrogen-bond donors (Lipinski definition) is 1. The van der Waals surface area contributed by atoms with E-state index >= 15 is 0 Å². The summed E-state index contributed by atoms with van der Waals surface area (Å²) in [5, 5.41) is 0. The Balaban J connectivity index is 2.39. The molecule has 1 aromatic rings. The predicted octanol–water partition coefficient (Wildman–Crippen LogP) is 3.37. The Morgan fingerprint density at radius 2 is 2.00 bits per heavy atom. The third-order valence-electron chi connectivity index (χ3n) is 4.57. The first kappa shape index (κ1) is 14.5. The standard InChI is InChI=1S/C17H28N2/c1-3-14-9-5-6-11-16(14)17-15(13-18)10-7-8-12-19(17)4-2/h5-6,9,11,15,17H,3-4,7-8,10,12-13,18H2,1-2H3. The van der Waals surface area contributed by atoms with Gasteiger partial charge in [0.1, 0.15) is 0 Å². The zero-order valence-corrected chi connectivity index (χ0v) is 12.4. The lowest BCUT2D eigenvalue weighted by Crippen LogP contribution is -2.36. The van der Waals surface area contributed by atoms with E-state index in [0.717, 1.165) is 19.5 Å². The zero-order chi connectivity index (χ0) is 13.7. The van der Waals surface area contributed by atoms with Crippen LogP contribution in [-0.4, -0.2) is 24.5 Å². The first-order valence-corrected chi connectivity index (χ1v) is 7.83. The van der Waals surface area contributed by atoms with Gasteiger partial charge in [-0.1, -0.05) is 44.5 Å². The van der Waals surface area contributed by atoms with Crippen molar-refractivity contribution in [3.05, 3.63) is 35.4 Å². The molecular weight excluding hydrogens is 232 g/mol. The summed E-state index contributed by atoms with van der Waals surface area (Å²) in [6.07, 6.45) is 5.02. The molecule has 2 heteroatoms. The van der Waals surface area contributed by atoms with E-state index in [4.69, 9.17) is 5.73 Å². The molecule has 106 valence electrons. The van der Waals surface area contributed by atoms with Crippen LogP contribution in [0.25, 0.3) is 0 Å². The zero-order valence-electron chi connectivity index (χ0n) is 12.4. The van der Waals surface area contributed by atoms with Crippen LogP contribution in [0.1, 0.15) is 50.3 Å². The van der Waals surface area contributed by atoms with E-state index in [2.05, 4.69) is 43.0 Å². The Kier molecular flexibility index (Phi) is 5.41. The Labute approximate surface area is 118 Å². The molecule has 1 heterocycles. The van der Waals surface area contributed by atoms with Crippen molar-refractivity contribution in [1.29, 1.82) is 0 Å². The fourth-order valence-electron chi connectivity index (χ4n) is 3.51. The van der Waals surface area contributed by atoms with Crippen molar-refractivity contribution in [2.75, 3.05) is 19.6 Å². The maximum Gasteiger partial charge on any atom is 0.0390 e. The molecule has 2 unspecified atom stereocenters. The van der Waals surface area contributed by atoms with Crippen LogP contribution in [-0.2, 0) is 6.42 Å². The van der Waals surface area contributed by atoms with Crippen LogP contribution in [0.15, 0.2) is 24.3 Å². The highest BCUT2D eigenvalue weighted by Crippen LogP contribution is 2.36. The van der Waals surface area contributed by atoms with Gasteiger partial charge in [0, 0.05) is 6.04 Å². The summed E-state index contributed by atoms with van der Waals surface area (Å²) >= 11 is 0. The number of rotatable bonds is 4. The highest BCUT2D eigenvalue weighted by atomic mass is 15.2. The van der Waals surface area contributed by atoms with E-state index < -0.39 is 0 Å². The number of benzene rings is 1. The van der Waals surface area contributed by atoms with Gasteiger partial charge >= 0.3 is 0 Å². The molecule has 0 bridgehead atoms. The van der Waals surface area contributed by atoms with E-state index in [1.807, 2.05) is 0 Å². The maximum absolute atomic E-state index is 6.08. The molecule has 0 saturated carbocycles. The Morgan fingerprint density at radius 1 is 1.21 bits per heavy atom. The second-order valence-corrected chi connectivity index (χ2v) is 5.62. The molecule has 2 rings (SSSR count). The van der Waals surface area contributed by atoms with E-state index in [0.29, 0.717) is 12.0 Å². The van der Waals surface area contributed by atoms with Gasteiger partial charge in [-0.15, -0.1) is 0 Å². The van der Waals surface area contributed by atoms with Crippen molar-refractivity contribution in [3.8, 4) is 0 Å². The Morgan fingerprint density at radius 3 is 2.68 bits per heavy atom. The topological polar surface area (TPSA) is 29.3 Å². The molecule has 1 fully saturated rings. The number of nitrogens with two attached hydrogens (primary N) is 1. The van der Waals surface area contributed by atoms with Crippen LogP contribution in [0.2, 0.25) is 0 Å². The first-order chi connectivity index (χ1) is 9.31. The molecule has 1 aromatic carbocycles. The van der Waals surface area contributed by atoms with Gasteiger partial charge in [-0.3, -0.25) is 4.90 Å².